The highest BCUT2D eigenvalue weighted by atomic mass is 19.1. The smallest absolute Gasteiger partial charge is 0.123 e. The Morgan fingerprint density at radius 1 is 0.900 bits per heavy atom. The van der Waals surface area contributed by atoms with E-state index in [1.807, 2.05) is 18.2 Å². The molecule has 0 aromatic heterocycles. The lowest BCUT2D eigenvalue weighted by Gasteiger charge is -2.28. The van der Waals surface area contributed by atoms with Crippen molar-refractivity contribution < 1.29 is 4.39 Å². The maximum Gasteiger partial charge on any atom is 0.123 e. The van der Waals surface area contributed by atoms with Crippen molar-refractivity contribution in [3.05, 3.63) is 71.5 Å². The summed E-state index contributed by atoms with van der Waals surface area (Å²) >= 11 is 0. The van der Waals surface area contributed by atoms with Gasteiger partial charge in [-0.15, -0.1) is 0 Å². The molecule has 2 aromatic rings. The van der Waals surface area contributed by atoms with Crippen molar-refractivity contribution >= 4 is 0 Å². The van der Waals surface area contributed by atoms with Crippen LogP contribution in [0.15, 0.2) is 54.6 Å². The molecule has 1 nitrogen and oxygen atoms in total. The summed E-state index contributed by atoms with van der Waals surface area (Å²) in [6.07, 6.45) is 1.03. The van der Waals surface area contributed by atoms with E-state index in [1.54, 1.807) is 12.1 Å². The van der Waals surface area contributed by atoms with Crippen LogP contribution < -0.4 is 5.32 Å². The third-order valence-corrected chi connectivity index (χ3v) is 3.70. The maximum absolute atomic E-state index is 13.2. The minimum absolute atomic E-state index is 0.183. The van der Waals surface area contributed by atoms with Gasteiger partial charge >= 0.3 is 0 Å². The van der Waals surface area contributed by atoms with E-state index in [0.717, 1.165) is 18.5 Å². The van der Waals surface area contributed by atoms with Crippen molar-refractivity contribution in [2.24, 2.45) is 0 Å². The Morgan fingerprint density at radius 3 is 2.05 bits per heavy atom. The topological polar surface area (TPSA) is 12.0 Å². The second-order valence-electron chi connectivity index (χ2n) is 5.01. The molecule has 0 bridgehead atoms. The molecular weight excluding hydrogens is 249 g/mol. The zero-order chi connectivity index (χ0) is 14.4. The molecule has 0 heterocycles. The van der Waals surface area contributed by atoms with Crippen LogP contribution >= 0.6 is 0 Å². The van der Waals surface area contributed by atoms with Gasteiger partial charge in [-0.1, -0.05) is 56.3 Å². The lowest BCUT2D eigenvalue weighted by atomic mass is 9.84. The molecule has 2 rings (SSSR count). The molecule has 106 valence electrons. The molecule has 1 N–H and O–H groups in total. The molecule has 2 unspecified atom stereocenters. The van der Waals surface area contributed by atoms with Crippen LogP contribution in [0.5, 0.6) is 0 Å². The summed E-state index contributed by atoms with van der Waals surface area (Å²) in [4.78, 5) is 0. The fraction of sp³-hybridized carbons (Fsp3) is 0.333. The number of hydrogen-bond acceptors (Lipinski definition) is 1. The number of rotatable bonds is 6. The van der Waals surface area contributed by atoms with Crippen molar-refractivity contribution in [1.82, 2.24) is 5.32 Å². The van der Waals surface area contributed by atoms with Crippen LogP contribution in [0.3, 0.4) is 0 Å². The molecule has 0 amide bonds. The SMILES string of the molecule is CCNC(CC)C(c1ccccc1)c1ccc(F)cc1. The van der Waals surface area contributed by atoms with E-state index in [2.05, 4.69) is 43.4 Å². The monoisotopic (exact) mass is 271 g/mol. The first-order chi connectivity index (χ1) is 9.76. The average molecular weight is 271 g/mol. The van der Waals surface area contributed by atoms with Gasteiger partial charge in [-0.25, -0.2) is 4.39 Å². The van der Waals surface area contributed by atoms with Crippen molar-refractivity contribution in [1.29, 1.82) is 0 Å². The fourth-order valence-electron chi connectivity index (χ4n) is 2.75. The minimum atomic E-state index is -0.183. The molecule has 2 atom stereocenters. The highest BCUT2D eigenvalue weighted by Gasteiger charge is 2.22. The molecule has 0 saturated carbocycles. The van der Waals surface area contributed by atoms with E-state index in [4.69, 9.17) is 0 Å². The molecular formula is C18H22FN. The summed E-state index contributed by atoms with van der Waals surface area (Å²) in [7, 11) is 0. The summed E-state index contributed by atoms with van der Waals surface area (Å²) in [6, 6.07) is 17.7. The van der Waals surface area contributed by atoms with Crippen LogP contribution in [0.25, 0.3) is 0 Å². The van der Waals surface area contributed by atoms with Crippen LogP contribution in [0.1, 0.15) is 37.3 Å². The largest absolute Gasteiger partial charge is 0.313 e. The second-order valence-corrected chi connectivity index (χ2v) is 5.01. The molecule has 0 radical (unpaired) electrons. The normalized spacial score (nSPS) is 13.9. The Balaban J connectivity index is 2.40. The zero-order valence-electron chi connectivity index (χ0n) is 12.1. The summed E-state index contributed by atoms with van der Waals surface area (Å²) in [5, 5.41) is 3.55. The summed E-state index contributed by atoms with van der Waals surface area (Å²) < 4.78 is 13.2. The van der Waals surface area contributed by atoms with Crippen LogP contribution in [-0.4, -0.2) is 12.6 Å². The number of nitrogens with one attached hydrogen (secondary N) is 1. The highest BCUT2D eigenvalue weighted by Crippen LogP contribution is 2.29. The first-order valence-electron chi connectivity index (χ1n) is 7.30. The third kappa shape index (κ3) is 3.45. The third-order valence-electron chi connectivity index (χ3n) is 3.70. The predicted molar refractivity (Wildman–Crippen MR) is 82.4 cm³/mol. The summed E-state index contributed by atoms with van der Waals surface area (Å²) in [5.74, 6) is 0.0683. The Bertz CT molecular complexity index is 507. The standard InChI is InChI=1S/C18H22FN/c1-3-17(20-4-2)18(14-8-6-5-7-9-14)15-10-12-16(19)13-11-15/h5-13,17-18,20H,3-4H2,1-2H3. The van der Waals surface area contributed by atoms with Gasteiger partial charge < -0.3 is 5.32 Å². The Kier molecular flexibility index (Phi) is 5.31. The Morgan fingerprint density at radius 2 is 1.50 bits per heavy atom. The van der Waals surface area contributed by atoms with Gasteiger partial charge in [0.25, 0.3) is 0 Å². The first-order valence-corrected chi connectivity index (χ1v) is 7.30. The van der Waals surface area contributed by atoms with Crippen LogP contribution in [-0.2, 0) is 0 Å². The molecule has 2 heteroatoms. The van der Waals surface area contributed by atoms with Gasteiger partial charge in [-0.3, -0.25) is 0 Å². The molecule has 0 spiro atoms. The molecule has 0 aliphatic carbocycles. The van der Waals surface area contributed by atoms with E-state index < -0.39 is 0 Å². The number of halogens is 1. The van der Waals surface area contributed by atoms with E-state index in [1.165, 1.54) is 5.56 Å². The lowest BCUT2D eigenvalue weighted by Crippen LogP contribution is -2.34. The Hall–Kier alpha value is -1.67. The summed E-state index contributed by atoms with van der Waals surface area (Å²) in [5.41, 5.74) is 2.43. The van der Waals surface area contributed by atoms with Crippen molar-refractivity contribution in [3.63, 3.8) is 0 Å². The van der Waals surface area contributed by atoms with E-state index >= 15 is 0 Å². The number of benzene rings is 2. The molecule has 0 aliphatic rings. The summed E-state index contributed by atoms with van der Waals surface area (Å²) in [6.45, 7) is 5.24. The van der Waals surface area contributed by atoms with Crippen molar-refractivity contribution in [2.75, 3.05) is 6.54 Å². The second kappa shape index (κ2) is 7.20. The van der Waals surface area contributed by atoms with Gasteiger partial charge in [0.15, 0.2) is 0 Å². The number of hydrogen-bond donors (Lipinski definition) is 1. The average Bonchev–Trinajstić information content (AvgIpc) is 2.49. The van der Waals surface area contributed by atoms with Gasteiger partial charge in [0.2, 0.25) is 0 Å². The molecule has 0 fully saturated rings. The van der Waals surface area contributed by atoms with Gasteiger partial charge in [0, 0.05) is 12.0 Å². The van der Waals surface area contributed by atoms with E-state index in [-0.39, 0.29) is 11.7 Å². The van der Waals surface area contributed by atoms with Gasteiger partial charge in [0.05, 0.1) is 0 Å². The van der Waals surface area contributed by atoms with Crippen LogP contribution in [0, 0.1) is 5.82 Å². The minimum Gasteiger partial charge on any atom is -0.313 e. The lowest BCUT2D eigenvalue weighted by molar-refractivity contribution is 0.465. The van der Waals surface area contributed by atoms with Gasteiger partial charge in [-0.2, -0.15) is 0 Å². The highest BCUT2D eigenvalue weighted by molar-refractivity contribution is 5.34. The maximum atomic E-state index is 13.2. The van der Waals surface area contributed by atoms with Crippen LogP contribution in [0.2, 0.25) is 0 Å². The molecule has 0 saturated heterocycles. The predicted octanol–water partition coefficient (Wildman–Crippen LogP) is 4.35. The number of likely N-dealkylation sites (N-methyl/N-ethyl adjacent to an activating group) is 1. The van der Waals surface area contributed by atoms with Crippen molar-refractivity contribution in [3.8, 4) is 0 Å². The van der Waals surface area contributed by atoms with Crippen molar-refractivity contribution in [2.45, 2.75) is 32.2 Å². The van der Waals surface area contributed by atoms with Crippen LogP contribution in [0.4, 0.5) is 4.39 Å². The molecule has 0 aliphatic heterocycles. The van der Waals surface area contributed by atoms with E-state index in [9.17, 15) is 4.39 Å². The Labute approximate surface area is 120 Å². The first kappa shape index (κ1) is 14.7. The van der Waals surface area contributed by atoms with Gasteiger partial charge in [-0.05, 0) is 36.2 Å². The van der Waals surface area contributed by atoms with Gasteiger partial charge in [0.1, 0.15) is 5.82 Å². The fourth-order valence-corrected chi connectivity index (χ4v) is 2.75. The molecule has 2 aromatic carbocycles. The quantitative estimate of drug-likeness (QED) is 0.824. The zero-order valence-corrected chi connectivity index (χ0v) is 12.1. The van der Waals surface area contributed by atoms with E-state index in [0.29, 0.717) is 6.04 Å². The molecule has 20 heavy (non-hydrogen) atoms.